The molecule has 106 valence electrons. The summed E-state index contributed by atoms with van der Waals surface area (Å²) in [5.74, 6) is 0.627. The first-order chi connectivity index (χ1) is 9.67. The van der Waals surface area contributed by atoms with Crippen LogP contribution in [0.15, 0.2) is 41.2 Å². The van der Waals surface area contributed by atoms with Crippen LogP contribution in [-0.4, -0.2) is 18.5 Å². The topological polar surface area (TPSA) is 40.5 Å². The van der Waals surface area contributed by atoms with Crippen molar-refractivity contribution in [2.75, 3.05) is 13.9 Å². The molecule has 1 aromatic heterocycles. The number of ether oxygens (including phenoxy) is 2. The molecular formula is C15H16ClNO3. The number of hydrogen-bond acceptors (Lipinski definition) is 3. The van der Waals surface area contributed by atoms with Gasteiger partial charge in [-0.3, -0.25) is 4.79 Å². The molecule has 2 rings (SSSR count). The Morgan fingerprint density at radius 1 is 1.25 bits per heavy atom. The van der Waals surface area contributed by atoms with Crippen LogP contribution in [0.3, 0.4) is 0 Å². The highest BCUT2D eigenvalue weighted by Gasteiger charge is 2.09. The van der Waals surface area contributed by atoms with E-state index in [1.54, 1.807) is 29.9 Å². The van der Waals surface area contributed by atoms with Gasteiger partial charge >= 0.3 is 0 Å². The minimum Gasteiger partial charge on any atom is -0.468 e. The number of rotatable bonds is 5. The zero-order valence-electron chi connectivity index (χ0n) is 11.4. The number of benzene rings is 1. The number of methoxy groups -OCH3 is 1. The van der Waals surface area contributed by atoms with E-state index in [0.717, 1.165) is 11.3 Å². The van der Waals surface area contributed by atoms with Crippen molar-refractivity contribution >= 4 is 11.6 Å². The Kier molecular flexibility index (Phi) is 4.82. The summed E-state index contributed by atoms with van der Waals surface area (Å²) in [5.41, 5.74) is 1.56. The molecule has 0 saturated carbocycles. The van der Waals surface area contributed by atoms with E-state index in [4.69, 9.17) is 21.1 Å². The van der Waals surface area contributed by atoms with Crippen LogP contribution in [-0.2, 0) is 11.3 Å². The van der Waals surface area contributed by atoms with Crippen molar-refractivity contribution in [2.45, 2.75) is 13.5 Å². The van der Waals surface area contributed by atoms with Gasteiger partial charge in [0.15, 0.2) is 6.79 Å². The molecular weight excluding hydrogens is 278 g/mol. The second kappa shape index (κ2) is 6.59. The lowest BCUT2D eigenvalue weighted by molar-refractivity contribution is 0.0511. The van der Waals surface area contributed by atoms with E-state index < -0.39 is 0 Å². The lowest BCUT2D eigenvalue weighted by Gasteiger charge is -2.13. The second-order valence-corrected chi connectivity index (χ2v) is 4.59. The fourth-order valence-corrected chi connectivity index (χ4v) is 2.27. The van der Waals surface area contributed by atoms with E-state index in [-0.39, 0.29) is 12.4 Å². The Labute approximate surface area is 122 Å². The summed E-state index contributed by atoms with van der Waals surface area (Å²) < 4.78 is 11.9. The van der Waals surface area contributed by atoms with Crippen LogP contribution < -0.4 is 10.3 Å². The first kappa shape index (κ1) is 14.6. The molecule has 4 nitrogen and oxygen atoms in total. The number of aromatic nitrogens is 1. The van der Waals surface area contributed by atoms with Crippen LogP contribution in [0.5, 0.6) is 5.75 Å². The molecule has 0 bridgehead atoms. The largest absolute Gasteiger partial charge is 0.468 e. The van der Waals surface area contributed by atoms with Crippen molar-refractivity contribution in [1.82, 2.24) is 4.57 Å². The highest BCUT2D eigenvalue weighted by atomic mass is 35.5. The van der Waals surface area contributed by atoms with Gasteiger partial charge in [-0.1, -0.05) is 17.7 Å². The average molecular weight is 294 g/mol. The number of hydrogen-bond donors (Lipinski definition) is 0. The maximum Gasteiger partial charge on any atom is 0.250 e. The molecule has 0 aliphatic rings. The van der Waals surface area contributed by atoms with Crippen LogP contribution in [0.25, 0.3) is 11.3 Å². The standard InChI is InChI=1S/C15H16ClNO3/c1-3-17-14(5-4-6-15(17)18)12-8-7-11(9-13(12)16)20-10-19-2/h4-9H,3,10H2,1-2H3. The maximum absolute atomic E-state index is 11.8. The molecule has 0 aliphatic carbocycles. The van der Waals surface area contributed by atoms with Gasteiger partial charge in [0, 0.05) is 25.3 Å². The SMILES string of the molecule is CCn1c(-c2ccc(OCOC)cc2Cl)cccc1=O. The van der Waals surface area contributed by atoms with Gasteiger partial charge in [0.2, 0.25) is 0 Å². The normalized spacial score (nSPS) is 10.6. The molecule has 0 N–H and O–H groups in total. The predicted molar refractivity (Wildman–Crippen MR) is 79.3 cm³/mol. The van der Waals surface area contributed by atoms with Crippen LogP contribution >= 0.6 is 11.6 Å². The molecule has 0 fully saturated rings. The molecule has 0 amide bonds. The van der Waals surface area contributed by atoms with Crippen molar-refractivity contribution in [1.29, 1.82) is 0 Å². The minimum atomic E-state index is -0.0409. The zero-order valence-corrected chi connectivity index (χ0v) is 12.2. The third-order valence-electron chi connectivity index (χ3n) is 2.93. The van der Waals surface area contributed by atoms with E-state index in [9.17, 15) is 4.79 Å². The second-order valence-electron chi connectivity index (χ2n) is 4.19. The molecule has 0 saturated heterocycles. The third kappa shape index (κ3) is 3.03. The van der Waals surface area contributed by atoms with Gasteiger partial charge in [0.05, 0.1) is 10.7 Å². The first-order valence-electron chi connectivity index (χ1n) is 6.29. The van der Waals surface area contributed by atoms with Crippen molar-refractivity contribution in [3.05, 3.63) is 51.8 Å². The Hall–Kier alpha value is -1.78. The molecule has 5 heteroatoms. The molecule has 0 unspecified atom stereocenters. The van der Waals surface area contributed by atoms with Gasteiger partial charge in [-0.05, 0) is 31.2 Å². The highest BCUT2D eigenvalue weighted by Crippen LogP contribution is 2.30. The first-order valence-corrected chi connectivity index (χ1v) is 6.66. The van der Waals surface area contributed by atoms with Gasteiger partial charge in [0.1, 0.15) is 5.75 Å². The molecule has 1 heterocycles. The molecule has 2 aromatic rings. The van der Waals surface area contributed by atoms with Crippen LogP contribution in [0.2, 0.25) is 5.02 Å². The van der Waals surface area contributed by atoms with Gasteiger partial charge in [-0.15, -0.1) is 0 Å². The fraction of sp³-hybridized carbons (Fsp3) is 0.267. The highest BCUT2D eigenvalue weighted by molar-refractivity contribution is 6.33. The summed E-state index contributed by atoms with van der Waals surface area (Å²) in [6.45, 7) is 2.68. The number of pyridine rings is 1. The van der Waals surface area contributed by atoms with Crippen LogP contribution in [0.1, 0.15) is 6.92 Å². The predicted octanol–water partition coefficient (Wildman–Crippen LogP) is 3.17. The Bertz CT molecular complexity index is 652. The number of halogens is 1. The van der Waals surface area contributed by atoms with Gasteiger partial charge in [-0.2, -0.15) is 0 Å². The molecule has 0 atom stereocenters. The summed E-state index contributed by atoms with van der Waals surface area (Å²) in [6, 6.07) is 10.5. The minimum absolute atomic E-state index is 0.0409. The van der Waals surface area contributed by atoms with Crippen molar-refractivity contribution < 1.29 is 9.47 Å². The van der Waals surface area contributed by atoms with E-state index in [1.165, 1.54) is 6.07 Å². The summed E-state index contributed by atoms with van der Waals surface area (Å²) in [5, 5.41) is 0.534. The van der Waals surface area contributed by atoms with E-state index >= 15 is 0 Å². The van der Waals surface area contributed by atoms with Gasteiger partial charge in [-0.25, -0.2) is 0 Å². The Morgan fingerprint density at radius 2 is 2.05 bits per heavy atom. The van der Waals surface area contributed by atoms with Crippen molar-refractivity contribution in [2.24, 2.45) is 0 Å². The quantitative estimate of drug-likeness (QED) is 0.795. The molecule has 0 aliphatic heterocycles. The lowest BCUT2D eigenvalue weighted by atomic mass is 10.1. The summed E-state index contributed by atoms with van der Waals surface area (Å²) >= 11 is 6.29. The molecule has 0 radical (unpaired) electrons. The van der Waals surface area contributed by atoms with E-state index in [1.807, 2.05) is 19.1 Å². The zero-order chi connectivity index (χ0) is 14.5. The van der Waals surface area contributed by atoms with Crippen molar-refractivity contribution in [3.63, 3.8) is 0 Å². The lowest BCUT2D eigenvalue weighted by Crippen LogP contribution is -2.19. The molecule has 1 aromatic carbocycles. The van der Waals surface area contributed by atoms with E-state index in [0.29, 0.717) is 17.3 Å². The summed E-state index contributed by atoms with van der Waals surface area (Å²) in [6.07, 6.45) is 0. The van der Waals surface area contributed by atoms with Crippen molar-refractivity contribution in [3.8, 4) is 17.0 Å². The van der Waals surface area contributed by atoms with E-state index in [2.05, 4.69) is 0 Å². The monoisotopic (exact) mass is 293 g/mol. The third-order valence-corrected chi connectivity index (χ3v) is 3.24. The van der Waals surface area contributed by atoms with Gasteiger partial charge in [0.25, 0.3) is 5.56 Å². The van der Waals surface area contributed by atoms with Gasteiger partial charge < -0.3 is 14.0 Å². The maximum atomic E-state index is 11.8. The molecule has 0 spiro atoms. The molecule has 20 heavy (non-hydrogen) atoms. The summed E-state index contributed by atoms with van der Waals surface area (Å²) in [4.78, 5) is 11.8. The summed E-state index contributed by atoms with van der Waals surface area (Å²) in [7, 11) is 1.56. The average Bonchev–Trinajstić information content (AvgIpc) is 2.45. The Morgan fingerprint density at radius 3 is 2.70 bits per heavy atom. The number of nitrogens with zero attached hydrogens (tertiary/aromatic N) is 1. The van der Waals surface area contributed by atoms with Crippen LogP contribution in [0.4, 0.5) is 0 Å². The fourth-order valence-electron chi connectivity index (χ4n) is 2.00. The van der Waals surface area contributed by atoms with Crippen LogP contribution in [0, 0.1) is 0 Å². The Balaban J connectivity index is 2.44. The smallest absolute Gasteiger partial charge is 0.250 e.